The number of aromatic hydroxyl groups is 1. The topological polar surface area (TPSA) is 56.1 Å². The molecule has 4 fully saturated rings. The number of carbonyl (C=O) groups is 1. The van der Waals surface area contributed by atoms with Crippen LogP contribution in [0.3, 0.4) is 0 Å². The van der Waals surface area contributed by atoms with Gasteiger partial charge >= 0.3 is 0 Å². The van der Waals surface area contributed by atoms with E-state index in [2.05, 4.69) is 26.9 Å². The number of phenols is 1. The van der Waals surface area contributed by atoms with E-state index in [1.165, 1.54) is 42.7 Å². The third-order valence-corrected chi connectivity index (χ3v) is 11.1. The van der Waals surface area contributed by atoms with Gasteiger partial charge in [0.25, 0.3) is 5.91 Å². The lowest BCUT2D eigenvalue weighted by Gasteiger charge is -2.57. The van der Waals surface area contributed by atoms with Gasteiger partial charge in [0.05, 0.1) is 4.91 Å². The third kappa shape index (κ3) is 5.84. The zero-order valence-electron chi connectivity index (χ0n) is 25.5. The monoisotopic (exact) mass is 609 g/mol. The Kier molecular flexibility index (Phi) is 7.87. The second-order valence-corrected chi connectivity index (χ2v) is 14.7. The summed E-state index contributed by atoms with van der Waals surface area (Å²) in [6.07, 6.45) is 8.93. The average molecular weight is 610 g/mol. The summed E-state index contributed by atoms with van der Waals surface area (Å²) in [5.74, 6) is 1.14. The van der Waals surface area contributed by atoms with Crippen molar-refractivity contribution in [3.63, 3.8) is 0 Å². The van der Waals surface area contributed by atoms with Crippen molar-refractivity contribution in [3.8, 4) is 16.9 Å². The molecule has 3 aromatic rings. The zero-order chi connectivity index (χ0) is 30.4. The number of phenolic OH excluding ortho intramolecular Hbond substituents is 1. The smallest absolute Gasteiger partial charge is 0.286 e. The van der Waals surface area contributed by atoms with Crippen molar-refractivity contribution >= 4 is 28.9 Å². The highest BCUT2D eigenvalue weighted by Crippen LogP contribution is 2.62. The van der Waals surface area contributed by atoms with Gasteiger partial charge in [-0.2, -0.15) is 4.99 Å². The maximum absolute atomic E-state index is 15.3. The lowest BCUT2D eigenvalue weighted by atomic mass is 9.48. The lowest BCUT2D eigenvalue weighted by molar-refractivity contribution is -0.113. The minimum absolute atomic E-state index is 0.117. The highest BCUT2D eigenvalue weighted by molar-refractivity contribution is 8.18. The second kappa shape index (κ2) is 11.8. The molecular weight excluding hydrogens is 569 g/mol. The molecule has 3 aromatic carbocycles. The van der Waals surface area contributed by atoms with Crippen molar-refractivity contribution in [2.24, 2.45) is 22.7 Å². The Bertz CT molecular complexity index is 1600. The van der Waals surface area contributed by atoms with E-state index >= 15 is 4.39 Å². The molecule has 1 aliphatic heterocycles. The Morgan fingerprint density at radius 3 is 2.32 bits per heavy atom. The van der Waals surface area contributed by atoms with Crippen molar-refractivity contribution in [1.82, 2.24) is 9.80 Å². The van der Waals surface area contributed by atoms with Crippen molar-refractivity contribution in [1.29, 1.82) is 0 Å². The van der Waals surface area contributed by atoms with E-state index in [1.807, 2.05) is 68.7 Å². The van der Waals surface area contributed by atoms with Crippen LogP contribution in [0.2, 0.25) is 0 Å². The number of amides is 1. The fourth-order valence-electron chi connectivity index (χ4n) is 8.47. The predicted molar refractivity (Wildman–Crippen MR) is 177 cm³/mol. The summed E-state index contributed by atoms with van der Waals surface area (Å²) < 4.78 is 15.3. The Hall–Kier alpha value is -3.42. The first-order chi connectivity index (χ1) is 21.2. The maximum atomic E-state index is 15.3. The normalized spacial score (nSPS) is 26.5. The summed E-state index contributed by atoms with van der Waals surface area (Å²) in [5.41, 5.74) is 4.35. The molecule has 5 nitrogen and oxygen atoms in total. The van der Waals surface area contributed by atoms with Crippen LogP contribution in [0.25, 0.3) is 17.2 Å². The molecule has 1 heterocycles. The summed E-state index contributed by atoms with van der Waals surface area (Å²) in [4.78, 5) is 22.4. The van der Waals surface area contributed by atoms with Crippen LogP contribution in [-0.2, 0) is 16.8 Å². The Balaban J connectivity index is 1.14. The van der Waals surface area contributed by atoms with Crippen LogP contribution in [0.4, 0.5) is 4.39 Å². The highest BCUT2D eigenvalue weighted by atomic mass is 32.2. The molecule has 44 heavy (non-hydrogen) atoms. The van der Waals surface area contributed by atoms with Gasteiger partial charge in [-0.25, -0.2) is 4.39 Å². The molecule has 0 radical (unpaired) electrons. The molecule has 4 aliphatic carbocycles. The van der Waals surface area contributed by atoms with E-state index in [0.29, 0.717) is 34.4 Å². The van der Waals surface area contributed by atoms with Crippen LogP contribution in [0.15, 0.2) is 76.6 Å². The molecule has 1 amide bonds. The number of carbonyl (C=O) groups excluding carboxylic acids is 1. The van der Waals surface area contributed by atoms with Crippen molar-refractivity contribution in [2.75, 3.05) is 27.2 Å². The quantitative estimate of drug-likeness (QED) is 0.265. The third-order valence-electron chi connectivity index (χ3n) is 10.1. The van der Waals surface area contributed by atoms with E-state index in [1.54, 1.807) is 0 Å². The Morgan fingerprint density at radius 2 is 1.64 bits per heavy atom. The van der Waals surface area contributed by atoms with Gasteiger partial charge in [0, 0.05) is 25.2 Å². The molecule has 4 bridgehead atoms. The van der Waals surface area contributed by atoms with Crippen molar-refractivity contribution < 1.29 is 14.3 Å². The summed E-state index contributed by atoms with van der Waals surface area (Å²) in [6, 6.07) is 21.6. The van der Waals surface area contributed by atoms with Crippen LogP contribution < -0.4 is 0 Å². The number of halogens is 1. The fourth-order valence-corrected chi connectivity index (χ4v) is 9.41. The molecule has 228 valence electrons. The minimum Gasteiger partial charge on any atom is -0.505 e. The number of benzene rings is 3. The van der Waals surface area contributed by atoms with Gasteiger partial charge in [0.15, 0.2) is 16.7 Å². The fraction of sp³-hybridized carbons (Fsp3) is 0.405. The van der Waals surface area contributed by atoms with E-state index in [9.17, 15) is 9.90 Å². The molecule has 0 spiro atoms. The van der Waals surface area contributed by atoms with Crippen LogP contribution >= 0.6 is 11.8 Å². The van der Waals surface area contributed by atoms with Gasteiger partial charge < -0.3 is 14.9 Å². The van der Waals surface area contributed by atoms with Crippen LogP contribution in [0.1, 0.15) is 55.2 Å². The summed E-state index contributed by atoms with van der Waals surface area (Å²) >= 11 is 1.41. The van der Waals surface area contributed by atoms with Crippen LogP contribution in [0, 0.1) is 23.6 Å². The molecule has 5 aliphatic rings. The zero-order valence-corrected chi connectivity index (χ0v) is 26.3. The first kappa shape index (κ1) is 29.3. The second-order valence-electron chi connectivity index (χ2n) is 13.7. The largest absolute Gasteiger partial charge is 0.505 e. The molecule has 8 rings (SSSR count). The molecule has 1 N–H and O–H groups in total. The predicted octanol–water partition coefficient (Wildman–Crippen LogP) is 7.70. The van der Waals surface area contributed by atoms with E-state index in [4.69, 9.17) is 0 Å². The number of hydrogen-bond acceptors (Lipinski definition) is 5. The molecular formula is C37H40FN3O2S. The molecule has 0 aromatic heterocycles. The number of aliphatic imine (C=N–C) groups is 1. The van der Waals surface area contributed by atoms with E-state index < -0.39 is 5.82 Å². The van der Waals surface area contributed by atoms with E-state index in [-0.39, 0.29) is 17.1 Å². The molecule has 0 saturated heterocycles. The minimum atomic E-state index is -0.548. The number of likely N-dealkylation sites (N-methyl/N-ethyl adjacent to an activating group) is 1. The van der Waals surface area contributed by atoms with Gasteiger partial charge in [-0.15, -0.1) is 0 Å². The lowest BCUT2D eigenvalue weighted by Crippen LogP contribution is -2.48. The van der Waals surface area contributed by atoms with Crippen LogP contribution in [0.5, 0.6) is 5.75 Å². The summed E-state index contributed by atoms with van der Waals surface area (Å²) in [6.45, 7) is 2.27. The van der Waals surface area contributed by atoms with Gasteiger partial charge in [-0.05, 0) is 134 Å². The standard InChI is InChI=1S/C37H40FN3O2S/c1-40(2)11-12-41(23-24-7-4-3-5-8-24)36-39-35(43)33(44-36)17-25-9-6-10-29(16-25)30-18-31(34(42)32(38)19-30)37-20-26-13-27(21-37)15-28(14-26)22-37/h3-10,16-19,26-28,42H,11-15,20-23H2,1-2H3. The number of thioether (sulfide) groups is 1. The molecule has 0 unspecified atom stereocenters. The van der Waals surface area contributed by atoms with Crippen molar-refractivity contribution in [3.05, 3.63) is 94.1 Å². The van der Waals surface area contributed by atoms with Crippen molar-refractivity contribution in [2.45, 2.75) is 50.5 Å². The van der Waals surface area contributed by atoms with Crippen LogP contribution in [-0.4, -0.2) is 53.2 Å². The summed E-state index contributed by atoms with van der Waals surface area (Å²) in [7, 11) is 4.08. The van der Waals surface area contributed by atoms with Gasteiger partial charge in [0.1, 0.15) is 0 Å². The van der Waals surface area contributed by atoms with Gasteiger partial charge in [-0.3, -0.25) is 4.79 Å². The molecule has 4 saturated carbocycles. The average Bonchev–Trinajstić information content (AvgIpc) is 3.35. The highest BCUT2D eigenvalue weighted by Gasteiger charge is 2.52. The maximum Gasteiger partial charge on any atom is 0.286 e. The van der Waals surface area contributed by atoms with E-state index in [0.717, 1.165) is 54.6 Å². The first-order valence-electron chi connectivity index (χ1n) is 15.8. The number of amidine groups is 1. The Labute approximate surface area is 263 Å². The number of hydrogen-bond donors (Lipinski definition) is 1. The van der Waals surface area contributed by atoms with Gasteiger partial charge in [-0.1, -0.05) is 48.5 Å². The SMILES string of the molecule is CN(C)CCN(Cc1ccccc1)C1=NC(=O)C(=Cc2cccc(-c3cc(F)c(O)c(C45CC6CC(CC(C6)C4)C5)c3)c2)S1. The summed E-state index contributed by atoms with van der Waals surface area (Å²) in [5, 5.41) is 11.7. The Morgan fingerprint density at radius 1 is 0.932 bits per heavy atom. The molecule has 0 atom stereocenters. The number of nitrogens with zero attached hydrogens (tertiary/aromatic N) is 3. The molecule has 7 heteroatoms. The first-order valence-corrected chi connectivity index (χ1v) is 16.7. The number of rotatable bonds is 8. The van der Waals surface area contributed by atoms with Gasteiger partial charge in [0.2, 0.25) is 0 Å².